The predicted molar refractivity (Wildman–Crippen MR) is 53.6 cm³/mol. The van der Waals surface area contributed by atoms with Crippen molar-refractivity contribution in [3.05, 3.63) is 0 Å². The maximum Gasteiger partial charge on any atom is 0.217 e. The third-order valence-corrected chi connectivity index (χ3v) is 2.61. The minimum Gasteiger partial charge on any atom is -0.352 e. The highest BCUT2D eigenvalue weighted by Crippen LogP contribution is 2.10. The first-order chi connectivity index (χ1) is 6.22. The molecule has 0 aromatic heterocycles. The summed E-state index contributed by atoms with van der Waals surface area (Å²) >= 11 is 0. The van der Waals surface area contributed by atoms with Crippen molar-refractivity contribution >= 4 is 5.91 Å². The number of nitrogens with one attached hydrogen (secondary N) is 1. The van der Waals surface area contributed by atoms with Gasteiger partial charge in [-0.05, 0) is 25.9 Å². The smallest absolute Gasteiger partial charge is 0.217 e. The molecule has 1 atom stereocenters. The van der Waals surface area contributed by atoms with E-state index in [-0.39, 0.29) is 5.91 Å². The first-order valence-corrected chi connectivity index (χ1v) is 5.22. The van der Waals surface area contributed by atoms with Gasteiger partial charge in [-0.25, -0.2) is 0 Å². The van der Waals surface area contributed by atoms with Gasteiger partial charge in [0.25, 0.3) is 0 Å². The molecule has 1 aliphatic heterocycles. The van der Waals surface area contributed by atoms with Crippen LogP contribution in [-0.4, -0.2) is 36.5 Å². The predicted octanol–water partition coefficient (Wildman–Crippen LogP) is 0.997. The molecule has 1 N–H and O–H groups in total. The lowest BCUT2D eigenvalue weighted by Gasteiger charge is -2.22. The van der Waals surface area contributed by atoms with Crippen molar-refractivity contribution < 1.29 is 4.79 Å². The normalized spacial score (nSPS) is 25.2. The first kappa shape index (κ1) is 10.5. The zero-order valence-corrected chi connectivity index (χ0v) is 8.68. The Balaban J connectivity index is 2.39. The molecule has 3 heteroatoms. The van der Waals surface area contributed by atoms with Crippen LogP contribution in [0.1, 0.15) is 33.1 Å². The number of carbonyl (C=O) groups excluding carboxylic acids is 1. The summed E-state index contributed by atoms with van der Waals surface area (Å²) in [4.78, 5) is 13.3. The van der Waals surface area contributed by atoms with Gasteiger partial charge in [0.05, 0.1) is 0 Å². The average Bonchev–Trinajstić information content (AvgIpc) is 2.28. The Hall–Kier alpha value is -0.570. The van der Waals surface area contributed by atoms with Gasteiger partial charge in [-0.15, -0.1) is 0 Å². The van der Waals surface area contributed by atoms with E-state index in [1.54, 1.807) is 6.92 Å². The molecule has 0 spiro atoms. The van der Waals surface area contributed by atoms with Crippen LogP contribution in [0, 0.1) is 0 Å². The summed E-state index contributed by atoms with van der Waals surface area (Å²) in [6.45, 7) is 7.08. The van der Waals surface area contributed by atoms with Crippen LogP contribution >= 0.6 is 0 Å². The Morgan fingerprint density at radius 2 is 2.31 bits per heavy atom. The molecule has 1 rings (SSSR count). The molecule has 1 unspecified atom stereocenters. The fourth-order valence-corrected chi connectivity index (χ4v) is 1.91. The van der Waals surface area contributed by atoms with Crippen molar-refractivity contribution in [1.29, 1.82) is 0 Å². The van der Waals surface area contributed by atoms with Crippen LogP contribution in [0.3, 0.4) is 0 Å². The van der Waals surface area contributed by atoms with E-state index >= 15 is 0 Å². The van der Waals surface area contributed by atoms with Gasteiger partial charge in [0.2, 0.25) is 5.91 Å². The Morgan fingerprint density at radius 3 is 2.92 bits per heavy atom. The van der Waals surface area contributed by atoms with Crippen molar-refractivity contribution in [2.45, 2.75) is 39.2 Å². The summed E-state index contributed by atoms with van der Waals surface area (Å²) in [5.74, 6) is 0.1000. The van der Waals surface area contributed by atoms with Crippen LogP contribution < -0.4 is 5.32 Å². The number of hydrogen-bond donors (Lipinski definition) is 1. The fraction of sp³-hybridized carbons (Fsp3) is 0.900. The molecule has 0 saturated carbocycles. The topological polar surface area (TPSA) is 32.3 Å². The van der Waals surface area contributed by atoms with Crippen LogP contribution in [0.25, 0.3) is 0 Å². The van der Waals surface area contributed by atoms with Crippen LogP contribution in [0.4, 0.5) is 0 Å². The highest BCUT2D eigenvalue weighted by Gasteiger charge is 2.16. The van der Waals surface area contributed by atoms with Gasteiger partial charge >= 0.3 is 0 Å². The maximum atomic E-state index is 10.9. The highest BCUT2D eigenvalue weighted by atomic mass is 16.1. The number of likely N-dealkylation sites (tertiary alicyclic amines) is 1. The zero-order chi connectivity index (χ0) is 9.68. The summed E-state index contributed by atoms with van der Waals surface area (Å²) < 4.78 is 0. The number of likely N-dealkylation sites (N-methyl/N-ethyl adjacent to an activating group) is 1. The second-order valence-electron chi connectivity index (χ2n) is 3.79. The van der Waals surface area contributed by atoms with Crippen molar-refractivity contribution in [3.8, 4) is 0 Å². The molecule has 0 radical (unpaired) electrons. The van der Waals surface area contributed by atoms with Crippen molar-refractivity contribution in [1.82, 2.24) is 10.2 Å². The molecule has 0 aliphatic carbocycles. The lowest BCUT2D eigenvalue weighted by atomic mass is 10.1. The van der Waals surface area contributed by atoms with Gasteiger partial charge < -0.3 is 10.2 Å². The summed E-state index contributed by atoms with van der Waals surface area (Å²) in [7, 11) is 0. The number of nitrogens with zero attached hydrogens (tertiary/aromatic N) is 1. The summed E-state index contributed by atoms with van der Waals surface area (Å²) in [5.41, 5.74) is 0. The fourth-order valence-electron chi connectivity index (χ4n) is 1.91. The summed E-state index contributed by atoms with van der Waals surface area (Å²) in [6, 6.07) is 0.375. The first-order valence-electron chi connectivity index (χ1n) is 5.22. The number of carbonyl (C=O) groups is 1. The third kappa shape index (κ3) is 3.77. The van der Waals surface area contributed by atoms with Gasteiger partial charge in [-0.1, -0.05) is 13.3 Å². The molecule has 0 aromatic carbocycles. The van der Waals surface area contributed by atoms with E-state index in [2.05, 4.69) is 17.1 Å². The van der Waals surface area contributed by atoms with Gasteiger partial charge in [-0.2, -0.15) is 0 Å². The molecule has 1 aliphatic rings. The Kier molecular flexibility index (Phi) is 4.22. The van der Waals surface area contributed by atoms with Crippen molar-refractivity contribution in [2.75, 3.05) is 19.6 Å². The summed E-state index contributed by atoms with van der Waals surface area (Å²) in [5, 5.41) is 3.01. The minimum atomic E-state index is 0.1000. The minimum absolute atomic E-state index is 0.1000. The second kappa shape index (κ2) is 5.22. The zero-order valence-electron chi connectivity index (χ0n) is 8.68. The van der Waals surface area contributed by atoms with E-state index in [1.807, 2.05) is 0 Å². The molecule has 1 heterocycles. The van der Waals surface area contributed by atoms with Crippen LogP contribution in [0.2, 0.25) is 0 Å². The molecular weight excluding hydrogens is 164 g/mol. The van der Waals surface area contributed by atoms with E-state index in [0.29, 0.717) is 6.04 Å². The Bertz CT molecular complexity index is 170. The lowest BCUT2D eigenvalue weighted by molar-refractivity contribution is -0.119. The van der Waals surface area contributed by atoms with Gasteiger partial charge in [0.1, 0.15) is 0 Å². The molecule has 1 saturated heterocycles. The van der Waals surface area contributed by atoms with Gasteiger partial charge in [0.15, 0.2) is 0 Å². The highest BCUT2D eigenvalue weighted by molar-refractivity contribution is 5.73. The molecule has 0 aromatic rings. The standard InChI is InChI=1S/C10H20N2O/c1-3-12-7-5-4-6-10(8-12)11-9(2)13/h10H,3-8H2,1-2H3,(H,11,13). The van der Waals surface area contributed by atoms with E-state index in [1.165, 1.54) is 19.4 Å². The summed E-state index contributed by atoms with van der Waals surface area (Å²) in [6.07, 6.45) is 3.64. The molecule has 1 amide bonds. The SMILES string of the molecule is CCN1CCCCC(NC(C)=O)C1. The quantitative estimate of drug-likeness (QED) is 0.694. The van der Waals surface area contributed by atoms with E-state index in [4.69, 9.17) is 0 Å². The average molecular weight is 184 g/mol. The number of amides is 1. The van der Waals surface area contributed by atoms with Crippen molar-refractivity contribution in [2.24, 2.45) is 0 Å². The largest absolute Gasteiger partial charge is 0.352 e. The maximum absolute atomic E-state index is 10.9. The third-order valence-electron chi connectivity index (χ3n) is 2.61. The van der Waals surface area contributed by atoms with Gasteiger partial charge in [-0.3, -0.25) is 4.79 Å². The molecule has 1 fully saturated rings. The second-order valence-corrected chi connectivity index (χ2v) is 3.79. The number of hydrogen-bond acceptors (Lipinski definition) is 2. The van der Waals surface area contributed by atoms with E-state index in [9.17, 15) is 4.79 Å². The Labute approximate surface area is 80.5 Å². The van der Waals surface area contributed by atoms with E-state index < -0.39 is 0 Å². The van der Waals surface area contributed by atoms with Crippen LogP contribution in [0.5, 0.6) is 0 Å². The van der Waals surface area contributed by atoms with Crippen molar-refractivity contribution in [3.63, 3.8) is 0 Å². The number of rotatable bonds is 2. The molecule has 13 heavy (non-hydrogen) atoms. The van der Waals surface area contributed by atoms with Crippen LogP contribution in [-0.2, 0) is 4.79 Å². The molecular formula is C10H20N2O. The lowest BCUT2D eigenvalue weighted by Crippen LogP contribution is -2.41. The Morgan fingerprint density at radius 1 is 1.54 bits per heavy atom. The molecule has 0 bridgehead atoms. The monoisotopic (exact) mass is 184 g/mol. The molecule has 76 valence electrons. The molecule has 3 nitrogen and oxygen atoms in total. The van der Waals surface area contributed by atoms with E-state index in [0.717, 1.165) is 19.5 Å². The van der Waals surface area contributed by atoms with Gasteiger partial charge in [0, 0.05) is 19.5 Å². The van der Waals surface area contributed by atoms with Crippen LogP contribution in [0.15, 0.2) is 0 Å².